The Morgan fingerprint density at radius 2 is 2.00 bits per heavy atom. The van der Waals surface area contributed by atoms with Crippen LogP contribution in [-0.2, 0) is 9.59 Å². The molecule has 0 aromatic rings. The normalized spacial score (nSPS) is 23.4. The molecule has 0 aliphatic carbocycles. The van der Waals surface area contributed by atoms with E-state index in [2.05, 4.69) is 10.2 Å². The number of carbonyl (C=O) groups is 2. The van der Waals surface area contributed by atoms with Crippen molar-refractivity contribution in [2.24, 2.45) is 0 Å². The highest BCUT2D eigenvalue weighted by atomic mass is 16.2. The SMILES string of the molecule is CNC(=O)C1CN(C)CCN1C(C)=O. The lowest BCUT2D eigenvalue weighted by Gasteiger charge is -2.38. The highest BCUT2D eigenvalue weighted by Gasteiger charge is 2.31. The number of nitrogens with one attached hydrogen (secondary N) is 1. The second-order valence-corrected chi connectivity index (χ2v) is 3.60. The van der Waals surface area contributed by atoms with Gasteiger partial charge in [-0.25, -0.2) is 0 Å². The summed E-state index contributed by atoms with van der Waals surface area (Å²) in [7, 11) is 3.54. The van der Waals surface area contributed by atoms with E-state index in [4.69, 9.17) is 0 Å². The van der Waals surface area contributed by atoms with Crippen LogP contribution in [0.2, 0.25) is 0 Å². The van der Waals surface area contributed by atoms with Crippen LogP contribution in [0.15, 0.2) is 0 Å². The molecule has 1 fully saturated rings. The monoisotopic (exact) mass is 199 g/mol. The van der Waals surface area contributed by atoms with Gasteiger partial charge < -0.3 is 15.1 Å². The van der Waals surface area contributed by atoms with Crippen LogP contribution >= 0.6 is 0 Å². The van der Waals surface area contributed by atoms with Crippen LogP contribution < -0.4 is 5.32 Å². The van der Waals surface area contributed by atoms with E-state index in [-0.39, 0.29) is 17.9 Å². The summed E-state index contributed by atoms with van der Waals surface area (Å²) in [4.78, 5) is 26.4. The molecule has 2 amide bonds. The molecule has 1 unspecified atom stereocenters. The Kier molecular flexibility index (Phi) is 3.46. The molecule has 1 aliphatic rings. The van der Waals surface area contributed by atoms with Crippen LogP contribution in [0, 0.1) is 0 Å². The van der Waals surface area contributed by atoms with Gasteiger partial charge in [-0.15, -0.1) is 0 Å². The molecule has 0 aromatic heterocycles. The van der Waals surface area contributed by atoms with Crippen molar-refractivity contribution in [2.75, 3.05) is 33.7 Å². The summed E-state index contributed by atoms with van der Waals surface area (Å²) in [5.41, 5.74) is 0. The van der Waals surface area contributed by atoms with E-state index in [0.29, 0.717) is 13.1 Å². The van der Waals surface area contributed by atoms with E-state index in [1.807, 2.05) is 7.05 Å². The van der Waals surface area contributed by atoms with Gasteiger partial charge in [-0.3, -0.25) is 9.59 Å². The van der Waals surface area contributed by atoms with Crippen LogP contribution in [0.3, 0.4) is 0 Å². The zero-order valence-electron chi connectivity index (χ0n) is 8.91. The predicted octanol–water partition coefficient (Wildman–Crippen LogP) is -1.11. The number of hydrogen-bond acceptors (Lipinski definition) is 3. The average Bonchev–Trinajstić information content (AvgIpc) is 2.16. The lowest BCUT2D eigenvalue weighted by molar-refractivity contribution is -0.141. The quantitative estimate of drug-likeness (QED) is 0.583. The number of nitrogens with zero attached hydrogens (tertiary/aromatic N) is 2. The largest absolute Gasteiger partial charge is 0.357 e. The first-order chi connectivity index (χ1) is 6.56. The minimum atomic E-state index is -0.337. The van der Waals surface area contributed by atoms with Crippen molar-refractivity contribution in [3.63, 3.8) is 0 Å². The maximum Gasteiger partial charge on any atom is 0.243 e. The third-order valence-electron chi connectivity index (χ3n) is 2.54. The number of rotatable bonds is 1. The van der Waals surface area contributed by atoms with Crippen molar-refractivity contribution < 1.29 is 9.59 Å². The van der Waals surface area contributed by atoms with Crippen LogP contribution in [0.4, 0.5) is 0 Å². The minimum Gasteiger partial charge on any atom is -0.357 e. The van der Waals surface area contributed by atoms with E-state index in [1.54, 1.807) is 11.9 Å². The first kappa shape index (κ1) is 11.0. The van der Waals surface area contributed by atoms with Crippen molar-refractivity contribution in [3.8, 4) is 0 Å². The zero-order valence-corrected chi connectivity index (χ0v) is 8.91. The topological polar surface area (TPSA) is 52.7 Å². The summed E-state index contributed by atoms with van der Waals surface area (Å²) in [5.74, 6) is -0.126. The van der Waals surface area contributed by atoms with Gasteiger partial charge >= 0.3 is 0 Å². The summed E-state index contributed by atoms with van der Waals surface area (Å²) in [6, 6.07) is -0.337. The zero-order chi connectivity index (χ0) is 10.7. The van der Waals surface area contributed by atoms with Crippen molar-refractivity contribution >= 4 is 11.8 Å². The third kappa shape index (κ3) is 2.23. The molecular weight excluding hydrogens is 182 g/mol. The van der Waals surface area contributed by atoms with Gasteiger partial charge in [0.15, 0.2) is 0 Å². The van der Waals surface area contributed by atoms with Gasteiger partial charge in [0, 0.05) is 33.6 Å². The number of carbonyl (C=O) groups excluding carboxylic acids is 2. The van der Waals surface area contributed by atoms with Gasteiger partial charge in [0.1, 0.15) is 6.04 Å². The number of hydrogen-bond donors (Lipinski definition) is 1. The fraction of sp³-hybridized carbons (Fsp3) is 0.778. The molecule has 14 heavy (non-hydrogen) atoms. The maximum atomic E-state index is 11.5. The summed E-state index contributed by atoms with van der Waals surface area (Å²) in [5, 5.41) is 2.58. The Morgan fingerprint density at radius 1 is 1.36 bits per heavy atom. The molecule has 0 spiro atoms. The maximum absolute atomic E-state index is 11.5. The molecule has 1 heterocycles. The number of piperazine rings is 1. The Hall–Kier alpha value is -1.10. The average molecular weight is 199 g/mol. The molecule has 0 radical (unpaired) electrons. The van der Waals surface area contributed by atoms with Gasteiger partial charge in [-0.05, 0) is 7.05 Å². The molecule has 0 bridgehead atoms. The van der Waals surface area contributed by atoms with E-state index in [1.165, 1.54) is 6.92 Å². The molecule has 80 valence electrons. The summed E-state index contributed by atoms with van der Waals surface area (Å²) < 4.78 is 0. The second kappa shape index (κ2) is 4.41. The Balaban J connectivity index is 2.73. The molecule has 0 saturated carbocycles. The fourth-order valence-electron chi connectivity index (χ4n) is 1.69. The van der Waals surface area contributed by atoms with E-state index in [9.17, 15) is 9.59 Å². The molecule has 0 aromatic carbocycles. The van der Waals surface area contributed by atoms with Gasteiger partial charge in [0.05, 0.1) is 0 Å². The minimum absolute atomic E-state index is 0.0355. The third-order valence-corrected chi connectivity index (χ3v) is 2.54. The van der Waals surface area contributed by atoms with E-state index < -0.39 is 0 Å². The first-order valence-electron chi connectivity index (χ1n) is 4.73. The lowest BCUT2D eigenvalue weighted by atomic mass is 10.1. The standard InChI is InChI=1S/C9H17N3O2/c1-7(13)12-5-4-11(3)6-8(12)9(14)10-2/h8H,4-6H2,1-3H3,(H,10,14). The van der Waals surface area contributed by atoms with Gasteiger partial charge in [0.2, 0.25) is 11.8 Å². The molecule has 5 heteroatoms. The van der Waals surface area contributed by atoms with Crippen molar-refractivity contribution in [3.05, 3.63) is 0 Å². The number of likely N-dealkylation sites (N-methyl/N-ethyl adjacent to an activating group) is 2. The Labute approximate surface area is 84.0 Å². The molecule has 1 rings (SSSR count). The van der Waals surface area contributed by atoms with Crippen LogP contribution in [0.5, 0.6) is 0 Å². The molecule has 1 aliphatic heterocycles. The predicted molar refractivity (Wildman–Crippen MR) is 52.7 cm³/mol. The van der Waals surface area contributed by atoms with Gasteiger partial charge in [0.25, 0.3) is 0 Å². The Bertz CT molecular complexity index is 242. The lowest BCUT2D eigenvalue weighted by Crippen LogP contribution is -2.58. The van der Waals surface area contributed by atoms with Gasteiger partial charge in [-0.2, -0.15) is 0 Å². The molecule has 1 atom stereocenters. The molecule has 1 N–H and O–H groups in total. The Morgan fingerprint density at radius 3 is 2.50 bits per heavy atom. The smallest absolute Gasteiger partial charge is 0.243 e. The summed E-state index contributed by atoms with van der Waals surface area (Å²) in [6.45, 7) is 3.57. The van der Waals surface area contributed by atoms with E-state index in [0.717, 1.165) is 6.54 Å². The van der Waals surface area contributed by atoms with Crippen molar-refractivity contribution in [1.82, 2.24) is 15.1 Å². The fourth-order valence-corrected chi connectivity index (χ4v) is 1.69. The van der Waals surface area contributed by atoms with E-state index >= 15 is 0 Å². The highest BCUT2D eigenvalue weighted by Crippen LogP contribution is 2.08. The molecule has 1 saturated heterocycles. The highest BCUT2D eigenvalue weighted by molar-refractivity contribution is 5.87. The van der Waals surface area contributed by atoms with Crippen molar-refractivity contribution in [2.45, 2.75) is 13.0 Å². The van der Waals surface area contributed by atoms with Crippen molar-refractivity contribution in [1.29, 1.82) is 0 Å². The molecule has 5 nitrogen and oxygen atoms in total. The summed E-state index contributed by atoms with van der Waals surface area (Å²) >= 11 is 0. The second-order valence-electron chi connectivity index (χ2n) is 3.60. The van der Waals surface area contributed by atoms with Crippen LogP contribution in [0.25, 0.3) is 0 Å². The first-order valence-corrected chi connectivity index (χ1v) is 4.73. The summed E-state index contributed by atoms with van der Waals surface area (Å²) in [6.07, 6.45) is 0. The van der Waals surface area contributed by atoms with Crippen LogP contribution in [-0.4, -0.2) is 61.4 Å². The molecular formula is C9H17N3O2. The van der Waals surface area contributed by atoms with Crippen LogP contribution in [0.1, 0.15) is 6.92 Å². The number of amides is 2. The van der Waals surface area contributed by atoms with Gasteiger partial charge in [-0.1, -0.05) is 0 Å².